The summed E-state index contributed by atoms with van der Waals surface area (Å²) in [6.45, 7) is 10.3. The quantitative estimate of drug-likeness (QED) is 0.906. The van der Waals surface area contributed by atoms with E-state index in [1.54, 1.807) is 11.8 Å². The molecule has 1 aliphatic heterocycles. The first-order valence-electron chi connectivity index (χ1n) is 8.55. The van der Waals surface area contributed by atoms with Gasteiger partial charge >= 0.3 is 12.2 Å². The number of nitrogens with zero attached hydrogens (tertiary/aromatic N) is 2. The first kappa shape index (κ1) is 18.9. The van der Waals surface area contributed by atoms with Gasteiger partial charge in [0.05, 0.1) is 6.61 Å². The van der Waals surface area contributed by atoms with Crippen LogP contribution in [0.4, 0.5) is 21.0 Å². The molecule has 0 saturated carbocycles. The molecule has 1 N–H and O–H groups in total. The molecule has 0 radical (unpaired) electrons. The minimum absolute atomic E-state index is 0.273. The molecule has 138 valence electrons. The van der Waals surface area contributed by atoms with E-state index in [1.807, 2.05) is 45.0 Å². The number of hydrogen-bond donors (Lipinski definition) is 1. The number of rotatable bonds is 3. The Morgan fingerprint density at radius 3 is 2.44 bits per heavy atom. The van der Waals surface area contributed by atoms with Gasteiger partial charge in [-0.25, -0.2) is 9.59 Å². The Bertz CT molecular complexity index is 605. The Balaban J connectivity index is 1.92. The minimum atomic E-state index is -0.485. The molecule has 1 aliphatic rings. The second kappa shape index (κ2) is 8.09. The van der Waals surface area contributed by atoms with Gasteiger partial charge in [0, 0.05) is 37.6 Å². The summed E-state index contributed by atoms with van der Waals surface area (Å²) >= 11 is 0. The highest BCUT2D eigenvalue weighted by atomic mass is 16.6. The molecule has 7 nitrogen and oxygen atoms in total. The van der Waals surface area contributed by atoms with Gasteiger partial charge in [-0.2, -0.15) is 0 Å². The highest BCUT2D eigenvalue weighted by molar-refractivity contribution is 5.85. The fourth-order valence-electron chi connectivity index (χ4n) is 2.54. The molecule has 7 heteroatoms. The Hall–Kier alpha value is -2.44. The number of amides is 2. The Labute approximate surface area is 148 Å². The average Bonchev–Trinajstić information content (AvgIpc) is 2.54. The van der Waals surface area contributed by atoms with E-state index in [-0.39, 0.29) is 6.09 Å². The smallest absolute Gasteiger partial charge is 0.411 e. The Morgan fingerprint density at radius 1 is 1.16 bits per heavy atom. The third kappa shape index (κ3) is 5.85. The fraction of sp³-hybridized carbons (Fsp3) is 0.556. The van der Waals surface area contributed by atoms with Crippen LogP contribution >= 0.6 is 0 Å². The molecule has 1 heterocycles. The molecular weight excluding hydrogens is 322 g/mol. The number of piperazine rings is 1. The monoisotopic (exact) mass is 349 g/mol. The van der Waals surface area contributed by atoms with Gasteiger partial charge in [0.25, 0.3) is 0 Å². The van der Waals surface area contributed by atoms with Crippen LogP contribution < -0.4 is 10.2 Å². The van der Waals surface area contributed by atoms with Crippen molar-refractivity contribution in [3.05, 3.63) is 24.3 Å². The molecule has 25 heavy (non-hydrogen) atoms. The van der Waals surface area contributed by atoms with Crippen molar-refractivity contribution in [1.29, 1.82) is 0 Å². The van der Waals surface area contributed by atoms with Gasteiger partial charge < -0.3 is 19.3 Å². The molecule has 1 aromatic rings. The normalized spacial score (nSPS) is 14.9. The summed E-state index contributed by atoms with van der Waals surface area (Å²) in [5.41, 5.74) is 1.20. The van der Waals surface area contributed by atoms with Gasteiger partial charge in [-0.15, -0.1) is 0 Å². The predicted molar refractivity (Wildman–Crippen MR) is 97.1 cm³/mol. The third-order valence-electron chi connectivity index (χ3n) is 3.66. The summed E-state index contributed by atoms with van der Waals surface area (Å²) in [4.78, 5) is 27.5. The van der Waals surface area contributed by atoms with E-state index >= 15 is 0 Å². The van der Waals surface area contributed by atoms with Crippen molar-refractivity contribution in [2.45, 2.75) is 33.3 Å². The predicted octanol–water partition coefficient (Wildman–Crippen LogP) is 3.31. The summed E-state index contributed by atoms with van der Waals surface area (Å²) in [6.07, 6.45) is -0.737. The number of nitrogens with one attached hydrogen (secondary N) is 1. The zero-order valence-electron chi connectivity index (χ0n) is 15.4. The van der Waals surface area contributed by atoms with Crippen molar-refractivity contribution in [3.8, 4) is 0 Å². The number of carbonyl (C=O) groups excluding carboxylic acids is 2. The van der Waals surface area contributed by atoms with Gasteiger partial charge in [-0.05, 0) is 45.9 Å². The fourth-order valence-corrected chi connectivity index (χ4v) is 2.54. The first-order chi connectivity index (χ1) is 11.8. The standard InChI is InChI=1S/C18H27N3O4/c1-5-24-16(22)19-14-7-6-8-15(13-14)20-9-11-21(12-10-20)17(23)25-18(2,3)4/h6-8,13H,5,9-12H2,1-4H3,(H,19,22). The van der Waals surface area contributed by atoms with Crippen LogP contribution in [0.5, 0.6) is 0 Å². The lowest BCUT2D eigenvalue weighted by atomic mass is 10.2. The lowest BCUT2D eigenvalue weighted by Crippen LogP contribution is -2.50. The summed E-state index contributed by atoms with van der Waals surface area (Å²) in [7, 11) is 0. The summed E-state index contributed by atoms with van der Waals surface area (Å²) < 4.78 is 10.3. The number of carbonyl (C=O) groups is 2. The second-order valence-corrected chi connectivity index (χ2v) is 6.85. The van der Waals surface area contributed by atoms with Gasteiger partial charge in [0.1, 0.15) is 5.60 Å². The van der Waals surface area contributed by atoms with Gasteiger partial charge in [-0.3, -0.25) is 5.32 Å². The van der Waals surface area contributed by atoms with Crippen molar-refractivity contribution >= 4 is 23.6 Å². The van der Waals surface area contributed by atoms with E-state index in [0.717, 1.165) is 5.69 Å². The third-order valence-corrected chi connectivity index (χ3v) is 3.66. The largest absolute Gasteiger partial charge is 0.450 e. The Morgan fingerprint density at radius 2 is 1.84 bits per heavy atom. The first-order valence-corrected chi connectivity index (χ1v) is 8.55. The van der Waals surface area contributed by atoms with Gasteiger partial charge in [0.15, 0.2) is 0 Å². The summed E-state index contributed by atoms with van der Waals surface area (Å²) in [6, 6.07) is 7.59. The van der Waals surface area contributed by atoms with Crippen LogP contribution in [0.2, 0.25) is 0 Å². The van der Waals surface area contributed by atoms with Crippen molar-refractivity contribution in [2.75, 3.05) is 43.0 Å². The van der Waals surface area contributed by atoms with Crippen LogP contribution in [-0.4, -0.2) is 55.5 Å². The highest BCUT2D eigenvalue weighted by Gasteiger charge is 2.26. The van der Waals surface area contributed by atoms with E-state index in [1.165, 1.54) is 0 Å². The van der Waals surface area contributed by atoms with Crippen LogP contribution in [0.3, 0.4) is 0 Å². The van der Waals surface area contributed by atoms with E-state index in [9.17, 15) is 9.59 Å². The summed E-state index contributed by atoms with van der Waals surface area (Å²) in [5.74, 6) is 0. The zero-order chi connectivity index (χ0) is 18.4. The van der Waals surface area contributed by atoms with Crippen LogP contribution in [0.15, 0.2) is 24.3 Å². The topological polar surface area (TPSA) is 71.1 Å². The molecule has 0 aliphatic carbocycles. The van der Waals surface area contributed by atoms with Crippen LogP contribution in [0.1, 0.15) is 27.7 Å². The molecule has 0 aromatic heterocycles. The number of benzene rings is 1. The number of hydrogen-bond acceptors (Lipinski definition) is 5. The van der Waals surface area contributed by atoms with E-state index in [2.05, 4.69) is 10.2 Å². The number of anilines is 2. The molecule has 1 fully saturated rings. The van der Waals surface area contributed by atoms with Gasteiger partial charge in [0.2, 0.25) is 0 Å². The van der Waals surface area contributed by atoms with Gasteiger partial charge in [-0.1, -0.05) is 6.07 Å². The summed E-state index contributed by atoms with van der Waals surface area (Å²) in [5, 5.41) is 2.70. The molecule has 0 spiro atoms. The molecule has 0 atom stereocenters. The molecule has 2 rings (SSSR count). The van der Waals surface area contributed by atoms with Crippen LogP contribution in [-0.2, 0) is 9.47 Å². The maximum Gasteiger partial charge on any atom is 0.411 e. The minimum Gasteiger partial charge on any atom is -0.450 e. The van der Waals surface area contributed by atoms with Crippen LogP contribution in [0, 0.1) is 0 Å². The lowest BCUT2D eigenvalue weighted by Gasteiger charge is -2.36. The molecule has 1 aromatic carbocycles. The van der Waals surface area contributed by atoms with E-state index < -0.39 is 11.7 Å². The van der Waals surface area contributed by atoms with Crippen molar-refractivity contribution in [1.82, 2.24) is 4.90 Å². The van der Waals surface area contributed by atoms with Crippen molar-refractivity contribution < 1.29 is 19.1 Å². The Kier molecular flexibility index (Phi) is 6.12. The average molecular weight is 349 g/mol. The number of ether oxygens (including phenoxy) is 2. The van der Waals surface area contributed by atoms with Crippen LogP contribution in [0.25, 0.3) is 0 Å². The zero-order valence-corrected chi connectivity index (χ0v) is 15.4. The van der Waals surface area contributed by atoms with E-state index in [0.29, 0.717) is 38.5 Å². The maximum absolute atomic E-state index is 12.1. The lowest BCUT2D eigenvalue weighted by molar-refractivity contribution is 0.0240. The molecule has 0 unspecified atom stereocenters. The van der Waals surface area contributed by atoms with Crippen molar-refractivity contribution in [3.63, 3.8) is 0 Å². The highest BCUT2D eigenvalue weighted by Crippen LogP contribution is 2.21. The molecule has 0 bridgehead atoms. The molecular formula is C18H27N3O4. The molecule has 1 saturated heterocycles. The van der Waals surface area contributed by atoms with E-state index in [4.69, 9.17) is 9.47 Å². The molecule has 2 amide bonds. The SMILES string of the molecule is CCOC(=O)Nc1cccc(N2CCN(C(=O)OC(C)(C)C)CC2)c1. The second-order valence-electron chi connectivity index (χ2n) is 6.85. The maximum atomic E-state index is 12.1. The van der Waals surface area contributed by atoms with Crippen molar-refractivity contribution in [2.24, 2.45) is 0 Å².